The molecule has 3 aromatic carbocycles. The van der Waals surface area contributed by atoms with Gasteiger partial charge in [-0.15, -0.1) is 0 Å². The average molecular weight is 403 g/mol. The molecular weight excluding hydrogens is 378 g/mol. The van der Waals surface area contributed by atoms with Crippen molar-refractivity contribution in [3.05, 3.63) is 89.0 Å². The van der Waals surface area contributed by atoms with E-state index >= 15 is 0 Å². The second-order valence-corrected chi connectivity index (χ2v) is 7.06. The Bertz CT molecular complexity index is 1020. The third kappa shape index (κ3) is 5.70. The fourth-order valence-electron chi connectivity index (χ4n) is 2.86. The van der Waals surface area contributed by atoms with E-state index < -0.39 is 5.97 Å². The fourth-order valence-corrected chi connectivity index (χ4v) is 2.86. The van der Waals surface area contributed by atoms with E-state index in [1.165, 1.54) is 5.56 Å². The van der Waals surface area contributed by atoms with Gasteiger partial charge in [-0.1, -0.05) is 31.2 Å². The molecule has 0 spiro atoms. The maximum absolute atomic E-state index is 12.5. The summed E-state index contributed by atoms with van der Waals surface area (Å²) in [7, 11) is 0. The van der Waals surface area contributed by atoms with E-state index in [0.717, 1.165) is 23.2 Å². The number of carbonyl (C=O) groups is 2. The van der Waals surface area contributed by atoms with Crippen LogP contribution in [0.15, 0.2) is 66.7 Å². The van der Waals surface area contributed by atoms with Crippen molar-refractivity contribution in [3.63, 3.8) is 0 Å². The molecule has 0 heterocycles. The Hall–Kier alpha value is -3.60. The van der Waals surface area contributed by atoms with Crippen molar-refractivity contribution in [2.45, 2.75) is 27.2 Å². The Kier molecular flexibility index (Phi) is 6.86. The maximum Gasteiger partial charge on any atom is 0.349 e. The number of aryl methyl sites for hydroxylation is 3. The summed E-state index contributed by atoms with van der Waals surface area (Å²) in [6.07, 6.45) is 0.945. The van der Waals surface area contributed by atoms with E-state index in [1.807, 2.05) is 56.3 Å². The summed E-state index contributed by atoms with van der Waals surface area (Å²) in [4.78, 5) is 24.5. The normalized spacial score (nSPS) is 10.4. The standard InChI is InChI=1S/C25H25NO4/c1-4-19-7-11-21(12-8-19)29-16-24(27)30-22-13-9-20(10-14-22)25(28)26-23-15-17(2)5-6-18(23)3/h5-15H,4,16H2,1-3H3,(H,26,28). The second kappa shape index (κ2) is 9.74. The van der Waals surface area contributed by atoms with Crippen molar-refractivity contribution in [2.24, 2.45) is 0 Å². The highest BCUT2D eigenvalue weighted by Crippen LogP contribution is 2.19. The summed E-state index contributed by atoms with van der Waals surface area (Å²) in [5.41, 5.74) is 4.51. The van der Waals surface area contributed by atoms with Gasteiger partial charge in [0.2, 0.25) is 0 Å². The van der Waals surface area contributed by atoms with Crippen LogP contribution >= 0.6 is 0 Å². The van der Waals surface area contributed by atoms with Crippen molar-refractivity contribution >= 4 is 17.6 Å². The smallest absolute Gasteiger partial charge is 0.349 e. The molecule has 0 aromatic heterocycles. The largest absolute Gasteiger partial charge is 0.482 e. The van der Waals surface area contributed by atoms with Crippen LogP contribution in [-0.2, 0) is 11.2 Å². The Morgan fingerprint density at radius 3 is 2.20 bits per heavy atom. The van der Waals surface area contributed by atoms with Crippen LogP contribution in [0.4, 0.5) is 5.69 Å². The number of anilines is 1. The maximum atomic E-state index is 12.5. The molecule has 30 heavy (non-hydrogen) atoms. The molecule has 5 heteroatoms. The van der Waals surface area contributed by atoms with E-state index in [0.29, 0.717) is 17.1 Å². The fraction of sp³-hybridized carbons (Fsp3) is 0.200. The minimum atomic E-state index is -0.512. The van der Waals surface area contributed by atoms with Gasteiger partial charge in [-0.3, -0.25) is 4.79 Å². The molecule has 0 aliphatic heterocycles. The molecule has 0 saturated carbocycles. The van der Waals surface area contributed by atoms with Gasteiger partial charge in [-0.2, -0.15) is 0 Å². The number of amides is 1. The number of benzene rings is 3. The summed E-state index contributed by atoms with van der Waals surface area (Å²) in [5.74, 6) is 0.235. The summed E-state index contributed by atoms with van der Waals surface area (Å²) in [5, 5.41) is 2.91. The van der Waals surface area contributed by atoms with Crippen molar-refractivity contribution in [2.75, 3.05) is 11.9 Å². The third-order valence-corrected chi connectivity index (χ3v) is 4.68. The molecule has 0 radical (unpaired) electrons. The van der Waals surface area contributed by atoms with Gasteiger partial charge < -0.3 is 14.8 Å². The lowest BCUT2D eigenvalue weighted by molar-refractivity contribution is -0.136. The first kappa shape index (κ1) is 21.1. The Morgan fingerprint density at radius 1 is 0.867 bits per heavy atom. The highest BCUT2D eigenvalue weighted by atomic mass is 16.6. The highest BCUT2D eigenvalue weighted by Gasteiger charge is 2.10. The third-order valence-electron chi connectivity index (χ3n) is 4.68. The van der Waals surface area contributed by atoms with Crippen molar-refractivity contribution in [1.82, 2.24) is 0 Å². The van der Waals surface area contributed by atoms with E-state index in [1.54, 1.807) is 24.3 Å². The molecule has 0 aliphatic carbocycles. The van der Waals surface area contributed by atoms with Gasteiger partial charge in [-0.05, 0) is 79.4 Å². The Morgan fingerprint density at radius 2 is 1.53 bits per heavy atom. The van der Waals surface area contributed by atoms with Gasteiger partial charge in [0.15, 0.2) is 6.61 Å². The first-order valence-electron chi connectivity index (χ1n) is 9.85. The zero-order valence-electron chi connectivity index (χ0n) is 17.4. The molecule has 0 atom stereocenters. The van der Waals surface area contributed by atoms with Crippen molar-refractivity contribution < 1.29 is 19.1 Å². The first-order chi connectivity index (χ1) is 14.4. The SMILES string of the molecule is CCc1ccc(OCC(=O)Oc2ccc(C(=O)Nc3cc(C)ccc3C)cc2)cc1. The van der Waals surface area contributed by atoms with Gasteiger partial charge >= 0.3 is 5.97 Å². The van der Waals surface area contributed by atoms with Crippen LogP contribution in [0.3, 0.4) is 0 Å². The number of carbonyl (C=O) groups excluding carboxylic acids is 2. The number of rotatable bonds is 7. The molecule has 0 bridgehead atoms. The Labute approximate surface area is 176 Å². The van der Waals surface area contributed by atoms with Gasteiger partial charge in [0.05, 0.1) is 0 Å². The summed E-state index contributed by atoms with van der Waals surface area (Å²) in [6.45, 7) is 5.80. The lowest BCUT2D eigenvalue weighted by Gasteiger charge is -2.10. The van der Waals surface area contributed by atoms with Gasteiger partial charge in [0.1, 0.15) is 11.5 Å². The molecule has 1 N–H and O–H groups in total. The molecular formula is C25H25NO4. The minimum Gasteiger partial charge on any atom is -0.482 e. The molecule has 1 amide bonds. The average Bonchev–Trinajstić information content (AvgIpc) is 2.75. The van der Waals surface area contributed by atoms with Crippen molar-refractivity contribution in [1.29, 1.82) is 0 Å². The first-order valence-corrected chi connectivity index (χ1v) is 9.85. The molecule has 154 valence electrons. The topological polar surface area (TPSA) is 64.6 Å². The van der Waals surface area contributed by atoms with E-state index in [4.69, 9.17) is 9.47 Å². The lowest BCUT2D eigenvalue weighted by Crippen LogP contribution is -2.18. The molecule has 0 fully saturated rings. The van der Waals surface area contributed by atoms with Crippen LogP contribution in [0, 0.1) is 13.8 Å². The van der Waals surface area contributed by atoms with Crippen molar-refractivity contribution in [3.8, 4) is 11.5 Å². The zero-order chi connectivity index (χ0) is 21.5. The van der Waals surface area contributed by atoms with Crippen LogP contribution in [0.2, 0.25) is 0 Å². The second-order valence-electron chi connectivity index (χ2n) is 7.06. The zero-order valence-corrected chi connectivity index (χ0v) is 17.4. The number of nitrogens with one attached hydrogen (secondary N) is 1. The number of esters is 1. The van der Waals surface area contributed by atoms with E-state index in [2.05, 4.69) is 12.2 Å². The molecule has 0 saturated heterocycles. The van der Waals surface area contributed by atoms with Crippen LogP contribution in [-0.4, -0.2) is 18.5 Å². The molecule has 5 nitrogen and oxygen atoms in total. The van der Waals surface area contributed by atoms with Gasteiger partial charge in [0, 0.05) is 11.3 Å². The minimum absolute atomic E-state index is 0.194. The number of hydrogen-bond acceptors (Lipinski definition) is 4. The summed E-state index contributed by atoms with van der Waals surface area (Å²) in [6, 6.07) is 19.9. The van der Waals surface area contributed by atoms with Crippen LogP contribution in [0.1, 0.15) is 34.0 Å². The van der Waals surface area contributed by atoms with Crippen LogP contribution in [0.25, 0.3) is 0 Å². The highest BCUT2D eigenvalue weighted by molar-refractivity contribution is 6.04. The quantitative estimate of drug-likeness (QED) is 0.440. The van der Waals surface area contributed by atoms with Crippen LogP contribution in [0.5, 0.6) is 11.5 Å². The van der Waals surface area contributed by atoms with E-state index in [9.17, 15) is 9.59 Å². The van der Waals surface area contributed by atoms with Gasteiger partial charge in [0.25, 0.3) is 5.91 Å². The predicted molar refractivity (Wildman–Crippen MR) is 117 cm³/mol. The molecule has 0 unspecified atom stereocenters. The predicted octanol–water partition coefficient (Wildman–Crippen LogP) is 5.10. The Balaban J connectivity index is 1.53. The number of hydrogen-bond donors (Lipinski definition) is 1. The monoisotopic (exact) mass is 403 g/mol. The summed E-state index contributed by atoms with van der Waals surface area (Å²) >= 11 is 0. The van der Waals surface area contributed by atoms with Crippen LogP contribution < -0.4 is 14.8 Å². The number of ether oxygens (including phenoxy) is 2. The summed E-state index contributed by atoms with van der Waals surface area (Å²) < 4.78 is 10.7. The van der Waals surface area contributed by atoms with Gasteiger partial charge in [-0.25, -0.2) is 4.79 Å². The molecule has 3 rings (SSSR count). The lowest BCUT2D eigenvalue weighted by atomic mass is 10.1. The molecule has 3 aromatic rings. The van der Waals surface area contributed by atoms with E-state index in [-0.39, 0.29) is 12.5 Å². The molecule has 0 aliphatic rings.